The highest BCUT2D eigenvalue weighted by atomic mass is 16.1. The van der Waals surface area contributed by atoms with Gasteiger partial charge in [0.25, 0.3) is 0 Å². The molecule has 0 aliphatic heterocycles. The van der Waals surface area contributed by atoms with Crippen LogP contribution >= 0.6 is 0 Å². The number of carbonyl (C=O) groups excluding carboxylic acids is 1. The Balaban J connectivity index is 1.63. The Hall–Kier alpha value is -4.13. The van der Waals surface area contributed by atoms with Gasteiger partial charge in [-0.05, 0) is 42.3 Å². The van der Waals surface area contributed by atoms with E-state index in [9.17, 15) is 4.79 Å². The van der Waals surface area contributed by atoms with E-state index in [1.54, 1.807) is 18.5 Å². The molecule has 1 amide bonds. The van der Waals surface area contributed by atoms with E-state index < -0.39 is 0 Å². The molecule has 3 aromatic heterocycles. The van der Waals surface area contributed by atoms with Crippen molar-refractivity contribution in [3.8, 4) is 11.1 Å². The van der Waals surface area contributed by atoms with Crippen LogP contribution in [-0.2, 0) is 4.79 Å². The number of carbonyl (C=O) groups is 1. The average molecular weight is 408 g/mol. The summed E-state index contributed by atoms with van der Waals surface area (Å²) < 4.78 is 1.95. The maximum Gasteiger partial charge on any atom is 0.222 e. The van der Waals surface area contributed by atoms with Crippen LogP contribution < -0.4 is 5.32 Å². The summed E-state index contributed by atoms with van der Waals surface area (Å²) in [7, 11) is 0. The third-order valence-corrected chi connectivity index (χ3v) is 5.35. The number of nitrogens with one attached hydrogen (secondary N) is 1. The van der Waals surface area contributed by atoms with Crippen molar-refractivity contribution in [2.75, 3.05) is 5.32 Å². The SMILES string of the molecule is CC(=O)Nc1ccc(-c2ccc3ncc4nnn([C@H](C)c5ccccc5)c4c3c2)cn1. The van der Waals surface area contributed by atoms with E-state index in [-0.39, 0.29) is 11.9 Å². The first-order chi connectivity index (χ1) is 15.1. The van der Waals surface area contributed by atoms with Gasteiger partial charge in [-0.2, -0.15) is 0 Å². The van der Waals surface area contributed by atoms with Crippen molar-refractivity contribution in [3.05, 3.63) is 78.6 Å². The smallest absolute Gasteiger partial charge is 0.222 e. The number of amides is 1. The Kier molecular flexibility index (Phi) is 4.63. The Bertz CT molecular complexity index is 1390. The molecule has 0 aliphatic carbocycles. The number of hydrogen-bond donors (Lipinski definition) is 1. The Morgan fingerprint density at radius 2 is 1.74 bits per heavy atom. The minimum Gasteiger partial charge on any atom is -0.311 e. The lowest BCUT2D eigenvalue weighted by atomic mass is 10.0. The zero-order valence-electron chi connectivity index (χ0n) is 17.1. The molecule has 0 aliphatic rings. The highest BCUT2D eigenvalue weighted by Gasteiger charge is 2.16. The topological polar surface area (TPSA) is 85.6 Å². The number of anilines is 1. The summed E-state index contributed by atoms with van der Waals surface area (Å²) in [5, 5.41) is 12.5. The first-order valence-electron chi connectivity index (χ1n) is 10.0. The van der Waals surface area contributed by atoms with Crippen LogP contribution in [0.4, 0.5) is 5.82 Å². The van der Waals surface area contributed by atoms with E-state index in [0.717, 1.165) is 38.6 Å². The second-order valence-electron chi connectivity index (χ2n) is 7.46. The highest BCUT2D eigenvalue weighted by molar-refractivity contribution is 6.03. The normalized spacial score (nSPS) is 12.2. The molecule has 7 heteroatoms. The molecule has 0 saturated heterocycles. The minimum absolute atomic E-state index is 0.0269. The summed E-state index contributed by atoms with van der Waals surface area (Å²) >= 11 is 0. The van der Waals surface area contributed by atoms with Crippen LogP contribution in [0.3, 0.4) is 0 Å². The molecular formula is C24H20N6O. The molecule has 1 atom stereocenters. The van der Waals surface area contributed by atoms with E-state index in [4.69, 9.17) is 0 Å². The van der Waals surface area contributed by atoms with Crippen molar-refractivity contribution in [1.29, 1.82) is 0 Å². The second-order valence-corrected chi connectivity index (χ2v) is 7.46. The number of nitrogens with zero attached hydrogens (tertiary/aromatic N) is 5. The molecule has 152 valence electrons. The molecule has 0 bridgehead atoms. The van der Waals surface area contributed by atoms with Gasteiger partial charge in [0, 0.05) is 24.1 Å². The van der Waals surface area contributed by atoms with Gasteiger partial charge in [0.15, 0.2) is 0 Å². The van der Waals surface area contributed by atoms with Gasteiger partial charge in [-0.1, -0.05) is 41.6 Å². The fourth-order valence-corrected chi connectivity index (χ4v) is 3.77. The summed E-state index contributed by atoms with van der Waals surface area (Å²) in [6.07, 6.45) is 3.52. The first-order valence-corrected chi connectivity index (χ1v) is 10.0. The van der Waals surface area contributed by atoms with Crippen LogP contribution in [0.25, 0.3) is 33.1 Å². The number of hydrogen-bond acceptors (Lipinski definition) is 5. The van der Waals surface area contributed by atoms with Crippen molar-refractivity contribution in [2.45, 2.75) is 19.9 Å². The summed E-state index contributed by atoms with van der Waals surface area (Å²) in [6.45, 7) is 3.58. The predicted octanol–water partition coefficient (Wildman–Crippen LogP) is 4.61. The van der Waals surface area contributed by atoms with Gasteiger partial charge in [-0.15, -0.1) is 5.10 Å². The van der Waals surface area contributed by atoms with Crippen LogP contribution in [0.1, 0.15) is 25.5 Å². The maximum absolute atomic E-state index is 11.2. The molecule has 0 spiro atoms. The zero-order chi connectivity index (χ0) is 21.4. The van der Waals surface area contributed by atoms with Crippen molar-refractivity contribution in [2.24, 2.45) is 0 Å². The van der Waals surface area contributed by atoms with Crippen molar-refractivity contribution < 1.29 is 4.79 Å². The third-order valence-electron chi connectivity index (χ3n) is 5.35. The lowest BCUT2D eigenvalue weighted by Crippen LogP contribution is -2.08. The number of pyridine rings is 2. The summed E-state index contributed by atoms with van der Waals surface area (Å²) in [4.78, 5) is 20.1. The molecule has 0 unspecified atom stereocenters. The van der Waals surface area contributed by atoms with Crippen molar-refractivity contribution >= 4 is 33.7 Å². The molecule has 1 N–H and O–H groups in total. The Morgan fingerprint density at radius 3 is 2.48 bits per heavy atom. The number of rotatable bonds is 4. The molecule has 0 saturated carbocycles. The third kappa shape index (κ3) is 3.50. The zero-order valence-corrected chi connectivity index (χ0v) is 17.1. The molecule has 5 rings (SSSR count). The largest absolute Gasteiger partial charge is 0.311 e. The molecule has 0 fully saturated rings. The molecule has 31 heavy (non-hydrogen) atoms. The van der Waals surface area contributed by atoms with Crippen LogP contribution in [0.15, 0.2) is 73.1 Å². The van der Waals surface area contributed by atoms with Crippen molar-refractivity contribution in [3.63, 3.8) is 0 Å². The molecule has 0 radical (unpaired) electrons. The lowest BCUT2D eigenvalue weighted by Gasteiger charge is -2.14. The summed E-state index contributed by atoms with van der Waals surface area (Å²) in [5.41, 5.74) is 5.69. The van der Waals surface area contributed by atoms with E-state index in [0.29, 0.717) is 5.82 Å². The molecule has 7 nitrogen and oxygen atoms in total. The fraction of sp³-hybridized carbons (Fsp3) is 0.125. The predicted molar refractivity (Wildman–Crippen MR) is 121 cm³/mol. The summed E-state index contributed by atoms with van der Waals surface area (Å²) in [6, 6.07) is 20.1. The average Bonchev–Trinajstić information content (AvgIpc) is 3.24. The summed E-state index contributed by atoms with van der Waals surface area (Å²) in [5.74, 6) is 0.382. The second kappa shape index (κ2) is 7.60. The van der Waals surface area contributed by atoms with Gasteiger partial charge in [0.2, 0.25) is 5.91 Å². The maximum atomic E-state index is 11.2. The molecular weight excluding hydrogens is 388 g/mol. The van der Waals surface area contributed by atoms with Gasteiger partial charge in [0.1, 0.15) is 16.9 Å². The lowest BCUT2D eigenvalue weighted by molar-refractivity contribution is -0.114. The number of benzene rings is 2. The molecule has 2 aromatic carbocycles. The van der Waals surface area contributed by atoms with Gasteiger partial charge in [-0.25, -0.2) is 9.67 Å². The quantitative estimate of drug-likeness (QED) is 0.469. The molecule has 3 heterocycles. The Morgan fingerprint density at radius 1 is 0.935 bits per heavy atom. The van der Waals surface area contributed by atoms with E-state index in [1.807, 2.05) is 41.1 Å². The van der Waals surface area contributed by atoms with Gasteiger partial charge < -0.3 is 5.32 Å². The number of aromatic nitrogens is 5. The van der Waals surface area contributed by atoms with Gasteiger partial charge >= 0.3 is 0 Å². The Labute approximate surface area is 178 Å². The van der Waals surface area contributed by atoms with Crippen LogP contribution in [-0.4, -0.2) is 30.9 Å². The fourth-order valence-electron chi connectivity index (χ4n) is 3.77. The van der Waals surface area contributed by atoms with E-state index in [2.05, 4.69) is 50.7 Å². The molecule has 5 aromatic rings. The van der Waals surface area contributed by atoms with E-state index in [1.165, 1.54) is 6.92 Å². The van der Waals surface area contributed by atoms with Gasteiger partial charge in [0.05, 0.1) is 17.8 Å². The van der Waals surface area contributed by atoms with Crippen molar-refractivity contribution in [1.82, 2.24) is 25.0 Å². The first kappa shape index (κ1) is 18.9. The monoisotopic (exact) mass is 408 g/mol. The highest BCUT2D eigenvalue weighted by Crippen LogP contribution is 2.30. The van der Waals surface area contributed by atoms with Crippen LogP contribution in [0.2, 0.25) is 0 Å². The van der Waals surface area contributed by atoms with E-state index >= 15 is 0 Å². The van der Waals surface area contributed by atoms with Gasteiger partial charge in [-0.3, -0.25) is 9.78 Å². The minimum atomic E-state index is -0.146. The van der Waals surface area contributed by atoms with Crippen LogP contribution in [0.5, 0.6) is 0 Å². The van der Waals surface area contributed by atoms with Crippen LogP contribution in [0, 0.1) is 0 Å². The number of fused-ring (bicyclic) bond motifs is 3. The standard InChI is InChI=1S/C24H20N6O/c1-15(17-6-4-3-5-7-17)30-24-20-12-18(8-10-21(20)25-14-22(24)28-29-30)19-9-11-23(26-13-19)27-16(2)31/h3-15H,1-2H3,(H,26,27,31)/t15-/m1/s1.